The van der Waals surface area contributed by atoms with Crippen LogP contribution in [0, 0.1) is 16.6 Å². The van der Waals surface area contributed by atoms with E-state index < -0.39 is 0 Å². The van der Waals surface area contributed by atoms with E-state index >= 15 is 0 Å². The van der Waals surface area contributed by atoms with Gasteiger partial charge in [0.1, 0.15) is 11.5 Å². The van der Waals surface area contributed by atoms with Crippen LogP contribution in [-0.4, -0.2) is 35.7 Å². The number of fused-ring (bicyclic) bond motifs is 1. The van der Waals surface area contributed by atoms with Crippen molar-refractivity contribution in [3.63, 3.8) is 0 Å². The van der Waals surface area contributed by atoms with Gasteiger partial charge in [-0.2, -0.15) is 0 Å². The van der Waals surface area contributed by atoms with Crippen LogP contribution in [0.15, 0.2) is 41.2 Å². The largest absolute Gasteiger partial charge is 0.497 e. The fourth-order valence-corrected chi connectivity index (χ4v) is 4.88. The van der Waals surface area contributed by atoms with Crippen LogP contribution in [0.3, 0.4) is 0 Å². The minimum Gasteiger partial charge on any atom is -0.497 e. The van der Waals surface area contributed by atoms with Crippen LogP contribution in [-0.2, 0) is 0 Å². The van der Waals surface area contributed by atoms with Gasteiger partial charge in [-0.25, -0.2) is 4.57 Å². The third kappa shape index (κ3) is 4.39. The van der Waals surface area contributed by atoms with Gasteiger partial charge in [0.2, 0.25) is 0 Å². The van der Waals surface area contributed by atoms with Crippen LogP contribution in [0.25, 0.3) is 16.6 Å². The molecule has 2 aromatic carbocycles. The van der Waals surface area contributed by atoms with Gasteiger partial charge in [-0.15, -0.1) is 0 Å². The van der Waals surface area contributed by atoms with Crippen molar-refractivity contribution in [1.82, 2.24) is 14.9 Å². The monoisotopic (exact) mass is 467 g/mol. The first-order chi connectivity index (χ1) is 15.8. The molecule has 1 amide bonds. The molecule has 0 radical (unpaired) electrons. The molecule has 4 rings (SSSR count). The summed E-state index contributed by atoms with van der Waals surface area (Å²) in [6, 6.07) is 10.4. The molecule has 1 saturated carbocycles. The normalized spacial score (nSPS) is 20.4. The number of ether oxygens (including phenoxy) is 2. The molecule has 174 valence electrons. The SMILES string of the molecule is COc1ccc(-n2c(=S)[nH]c3cc(C(=O)N[C@@H]4CCC[C@H](C)[C@@H]4C)ccc3c2=O)c(OC)c1. The number of nitrogens with one attached hydrogen (secondary N) is 2. The Morgan fingerprint density at radius 3 is 2.64 bits per heavy atom. The maximum absolute atomic E-state index is 13.3. The first-order valence-corrected chi connectivity index (χ1v) is 11.6. The molecule has 0 saturated heterocycles. The molecule has 1 fully saturated rings. The third-order valence-electron chi connectivity index (χ3n) is 6.81. The van der Waals surface area contributed by atoms with Crippen molar-refractivity contribution < 1.29 is 14.3 Å². The summed E-state index contributed by atoms with van der Waals surface area (Å²) < 4.78 is 12.3. The number of nitrogens with zero attached hydrogens (tertiary/aromatic N) is 1. The van der Waals surface area contributed by atoms with E-state index in [1.54, 1.807) is 43.5 Å². The molecule has 2 N–H and O–H groups in total. The average Bonchev–Trinajstić information content (AvgIpc) is 2.81. The van der Waals surface area contributed by atoms with Gasteiger partial charge >= 0.3 is 0 Å². The maximum atomic E-state index is 13.3. The Morgan fingerprint density at radius 1 is 1.12 bits per heavy atom. The van der Waals surface area contributed by atoms with Crippen LogP contribution >= 0.6 is 12.2 Å². The van der Waals surface area contributed by atoms with E-state index in [4.69, 9.17) is 21.7 Å². The van der Waals surface area contributed by atoms with E-state index in [2.05, 4.69) is 24.1 Å². The van der Waals surface area contributed by atoms with Crippen LogP contribution in [0.1, 0.15) is 43.5 Å². The van der Waals surface area contributed by atoms with Gasteiger partial charge in [-0.1, -0.05) is 26.7 Å². The lowest BCUT2D eigenvalue weighted by molar-refractivity contribution is 0.0891. The Morgan fingerprint density at radius 2 is 1.91 bits per heavy atom. The van der Waals surface area contributed by atoms with Crippen LogP contribution in [0.4, 0.5) is 0 Å². The summed E-state index contributed by atoms with van der Waals surface area (Å²) in [5, 5.41) is 3.61. The Hall–Kier alpha value is -3.13. The highest BCUT2D eigenvalue weighted by molar-refractivity contribution is 7.71. The topological polar surface area (TPSA) is 85.4 Å². The number of aromatic amines is 1. The van der Waals surface area contributed by atoms with E-state index in [0.717, 1.165) is 12.8 Å². The van der Waals surface area contributed by atoms with Gasteiger partial charge in [0.05, 0.1) is 30.8 Å². The second-order valence-corrected chi connectivity index (χ2v) is 9.10. The highest BCUT2D eigenvalue weighted by Gasteiger charge is 2.28. The number of methoxy groups -OCH3 is 2. The summed E-state index contributed by atoms with van der Waals surface area (Å²) in [5.74, 6) is 1.95. The van der Waals surface area contributed by atoms with Gasteiger partial charge in [-0.05, 0) is 60.8 Å². The smallest absolute Gasteiger partial charge is 0.266 e. The summed E-state index contributed by atoms with van der Waals surface area (Å²) >= 11 is 5.51. The number of hydrogen-bond acceptors (Lipinski definition) is 5. The highest BCUT2D eigenvalue weighted by atomic mass is 32.1. The second kappa shape index (κ2) is 9.39. The number of benzene rings is 2. The lowest BCUT2D eigenvalue weighted by Gasteiger charge is -2.34. The molecule has 0 spiro atoms. The molecule has 1 aliphatic carbocycles. The van der Waals surface area contributed by atoms with Gasteiger partial charge in [0.15, 0.2) is 4.77 Å². The number of hydrogen-bond donors (Lipinski definition) is 2. The van der Waals surface area contributed by atoms with Crippen LogP contribution in [0.5, 0.6) is 11.5 Å². The molecule has 0 aliphatic heterocycles. The summed E-state index contributed by atoms with van der Waals surface area (Å²) in [5.41, 5.74) is 1.23. The number of carbonyl (C=O) groups is 1. The summed E-state index contributed by atoms with van der Waals surface area (Å²) in [4.78, 5) is 29.4. The molecule has 1 aromatic heterocycles. The van der Waals surface area contributed by atoms with Gasteiger partial charge < -0.3 is 19.8 Å². The number of amides is 1. The summed E-state index contributed by atoms with van der Waals surface area (Å²) in [6.07, 6.45) is 3.31. The first-order valence-electron chi connectivity index (χ1n) is 11.2. The number of H-pyrrole nitrogens is 1. The lowest BCUT2D eigenvalue weighted by Crippen LogP contribution is -2.43. The van der Waals surface area contributed by atoms with Crippen molar-refractivity contribution in [2.45, 2.75) is 39.2 Å². The molecule has 0 bridgehead atoms. The van der Waals surface area contributed by atoms with Gasteiger partial charge in [-0.3, -0.25) is 9.59 Å². The fraction of sp³-hybridized carbons (Fsp3) is 0.400. The standard InChI is InChI=1S/C25H29N3O4S/c1-14-6-5-7-19(15(14)2)26-23(29)16-8-10-18-20(12-16)27-25(33)28(24(18)30)21-11-9-17(31-3)13-22(21)32-4/h8-15,19H,5-7H2,1-4H3,(H,26,29)(H,27,33)/t14-,15-,19+/m0/s1. The predicted octanol–water partition coefficient (Wildman–Crippen LogP) is 4.62. The van der Waals surface area contributed by atoms with E-state index in [0.29, 0.717) is 45.5 Å². The Labute approximate surface area is 197 Å². The van der Waals surface area contributed by atoms with E-state index in [1.165, 1.54) is 18.1 Å². The van der Waals surface area contributed by atoms with Crippen LogP contribution in [0.2, 0.25) is 0 Å². The van der Waals surface area contributed by atoms with Crippen LogP contribution < -0.4 is 20.3 Å². The van der Waals surface area contributed by atoms with E-state index in [9.17, 15) is 9.59 Å². The van der Waals surface area contributed by atoms with Crippen molar-refractivity contribution in [2.75, 3.05) is 14.2 Å². The molecule has 1 aliphatic rings. The zero-order valence-electron chi connectivity index (χ0n) is 19.3. The molecule has 8 heteroatoms. The molecule has 3 atom stereocenters. The van der Waals surface area contributed by atoms with Crippen molar-refractivity contribution in [3.8, 4) is 17.2 Å². The Kier molecular flexibility index (Phi) is 6.56. The minimum absolute atomic E-state index is 0.136. The summed E-state index contributed by atoms with van der Waals surface area (Å²) in [6.45, 7) is 4.43. The molecular formula is C25H29N3O4S. The molecule has 1 heterocycles. The second-order valence-electron chi connectivity index (χ2n) is 8.72. The fourth-order valence-electron chi connectivity index (χ4n) is 4.59. The highest BCUT2D eigenvalue weighted by Crippen LogP contribution is 2.30. The molecular weight excluding hydrogens is 438 g/mol. The van der Waals surface area contributed by atoms with E-state index in [-0.39, 0.29) is 22.3 Å². The molecule has 7 nitrogen and oxygen atoms in total. The Balaban J connectivity index is 1.71. The van der Waals surface area contributed by atoms with Crippen molar-refractivity contribution >= 4 is 29.0 Å². The number of aromatic nitrogens is 2. The van der Waals surface area contributed by atoms with Crippen molar-refractivity contribution in [1.29, 1.82) is 0 Å². The first kappa shape index (κ1) is 23.0. The molecule has 3 aromatic rings. The third-order valence-corrected chi connectivity index (χ3v) is 7.10. The maximum Gasteiger partial charge on any atom is 0.266 e. The average molecular weight is 468 g/mol. The van der Waals surface area contributed by atoms with Crippen molar-refractivity contribution in [3.05, 3.63) is 57.1 Å². The Bertz CT molecular complexity index is 1310. The summed E-state index contributed by atoms with van der Waals surface area (Å²) in [7, 11) is 3.09. The van der Waals surface area contributed by atoms with E-state index in [1.807, 2.05) is 0 Å². The molecule has 0 unspecified atom stereocenters. The number of carbonyl (C=O) groups excluding carboxylic acids is 1. The zero-order valence-corrected chi connectivity index (χ0v) is 20.1. The number of rotatable bonds is 5. The quantitative estimate of drug-likeness (QED) is 0.535. The van der Waals surface area contributed by atoms with Gasteiger partial charge in [0, 0.05) is 17.7 Å². The molecule has 33 heavy (non-hydrogen) atoms. The zero-order chi connectivity index (χ0) is 23.7. The predicted molar refractivity (Wildman–Crippen MR) is 131 cm³/mol. The van der Waals surface area contributed by atoms with Gasteiger partial charge in [0.25, 0.3) is 11.5 Å². The minimum atomic E-state index is -0.293. The van der Waals surface area contributed by atoms with Crippen molar-refractivity contribution in [2.24, 2.45) is 11.8 Å². The lowest BCUT2D eigenvalue weighted by atomic mass is 9.78.